The number of aromatic nitrogens is 1. The number of nitrogens with two attached hydrogens (primary N) is 1. The SMILES string of the molecule is NC(=O)c1c(F)cncc1Cc1ccc(I)cc1F. The molecule has 0 aliphatic heterocycles. The Balaban J connectivity index is 2.44. The van der Waals surface area contributed by atoms with Gasteiger partial charge in [0.1, 0.15) is 5.82 Å². The minimum atomic E-state index is -0.888. The lowest BCUT2D eigenvalue weighted by molar-refractivity contribution is 0.0995. The molecule has 0 aliphatic carbocycles. The van der Waals surface area contributed by atoms with Gasteiger partial charge in [0.05, 0.1) is 11.8 Å². The number of hydrogen-bond donors (Lipinski definition) is 1. The lowest BCUT2D eigenvalue weighted by Gasteiger charge is -2.08. The summed E-state index contributed by atoms with van der Waals surface area (Å²) in [6.45, 7) is 0. The summed E-state index contributed by atoms with van der Waals surface area (Å²) in [5.74, 6) is -2.09. The molecule has 19 heavy (non-hydrogen) atoms. The third-order valence-electron chi connectivity index (χ3n) is 2.62. The van der Waals surface area contributed by atoms with Gasteiger partial charge in [0.2, 0.25) is 0 Å². The average molecular weight is 374 g/mol. The van der Waals surface area contributed by atoms with E-state index >= 15 is 0 Å². The zero-order valence-corrected chi connectivity index (χ0v) is 11.8. The van der Waals surface area contributed by atoms with Crippen LogP contribution in [-0.4, -0.2) is 10.9 Å². The highest BCUT2D eigenvalue weighted by Gasteiger charge is 2.16. The van der Waals surface area contributed by atoms with Crippen LogP contribution in [0.3, 0.4) is 0 Å². The van der Waals surface area contributed by atoms with Crippen molar-refractivity contribution >= 4 is 28.5 Å². The summed E-state index contributed by atoms with van der Waals surface area (Å²) in [5.41, 5.74) is 5.51. The Bertz CT molecular complexity index is 647. The van der Waals surface area contributed by atoms with Crippen molar-refractivity contribution in [1.82, 2.24) is 4.98 Å². The van der Waals surface area contributed by atoms with Crippen LogP contribution in [0.1, 0.15) is 21.5 Å². The summed E-state index contributed by atoms with van der Waals surface area (Å²) in [7, 11) is 0. The normalized spacial score (nSPS) is 10.5. The molecular formula is C13H9F2IN2O. The van der Waals surface area contributed by atoms with Crippen LogP contribution < -0.4 is 5.73 Å². The molecule has 0 saturated carbocycles. The first kappa shape index (κ1) is 13.9. The summed E-state index contributed by atoms with van der Waals surface area (Å²) in [5, 5.41) is 0. The van der Waals surface area contributed by atoms with Crippen LogP contribution in [0.25, 0.3) is 0 Å². The Morgan fingerprint density at radius 2 is 1.95 bits per heavy atom. The Kier molecular flexibility index (Phi) is 4.08. The predicted molar refractivity (Wildman–Crippen MR) is 74.6 cm³/mol. The number of primary amides is 1. The Morgan fingerprint density at radius 3 is 2.58 bits per heavy atom. The topological polar surface area (TPSA) is 56.0 Å². The highest BCUT2D eigenvalue weighted by molar-refractivity contribution is 14.1. The fourth-order valence-corrected chi connectivity index (χ4v) is 2.21. The lowest BCUT2D eigenvalue weighted by atomic mass is 10.0. The molecule has 2 aromatic rings. The second-order valence-corrected chi connectivity index (χ2v) is 5.18. The zero-order chi connectivity index (χ0) is 14.0. The summed E-state index contributed by atoms with van der Waals surface area (Å²) in [6, 6.07) is 4.69. The zero-order valence-electron chi connectivity index (χ0n) is 9.66. The van der Waals surface area contributed by atoms with E-state index in [1.807, 2.05) is 22.6 Å². The number of pyridine rings is 1. The maximum absolute atomic E-state index is 13.7. The molecule has 6 heteroatoms. The van der Waals surface area contributed by atoms with Crippen LogP contribution >= 0.6 is 22.6 Å². The van der Waals surface area contributed by atoms with Crippen molar-refractivity contribution in [2.24, 2.45) is 5.73 Å². The van der Waals surface area contributed by atoms with E-state index in [1.165, 1.54) is 12.3 Å². The van der Waals surface area contributed by atoms with E-state index in [0.29, 0.717) is 5.56 Å². The fourth-order valence-electron chi connectivity index (χ4n) is 1.76. The van der Waals surface area contributed by atoms with Crippen LogP contribution in [0, 0.1) is 15.2 Å². The molecule has 2 N–H and O–H groups in total. The monoisotopic (exact) mass is 374 g/mol. The highest BCUT2D eigenvalue weighted by Crippen LogP contribution is 2.19. The number of carbonyl (C=O) groups excluding carboxylic acids is 1. The number of halogens is 3. The Hall–Kier alpha value is -1.57. The first-order valence-corrected chi connectivity index (χ1v) is 6.43. The number of carbonyl (C=O) groups is 1. The van der Waals surface area contributed by atoms with Crippen LogP contribution in [0.2, 0.25) is 0 Å². The fraction of sp³-hybridized carbons (Fsp3) is 0.0769. The van der Waals surface area contributed by atoms with E-state index in [2.05, 4.69) is 4.98 Å². The van der Waals surface area contributed by atoms with E-state index < -0.39 is 17.5 Å². The molecule has 1 amide bonds. The summed E-state index contributed by atoms with van der Waals surface area (Å²) < 4.78 is 28.0. The maximum Gasteiger partial charge on any atom is 0.252 e. The molecule has 1 heterocycles. The predicted octanol–water partition coefficient (Wildman–Crippen LogP) is 2.65. The molecule has 0 unspecified atom stereocenters. The molecule has 0 saturated heterocycles. The average Bonchev–Trinajstić information content (AvgIpc) is 2.32. The second kappa shape index (κ2) is 5.60. The van der Waals surface area contributed by atoms with Gasteiger partial charge in [-0.05, 0) is 45.9 Å². The van der Waals surface area contributed by atoms with Gasteiger partial charge in [0.25, 0.3) is 5.91 Å². The van der Waals surface area contributed by atoms with Crippen LogP contribution in [0.15, 0.2) is 30.6 Å². The van der Waals surface area contributed by atoms with Gasteiger partial charge in [-0.25, -0.2) is 8.78 Å². The van der Waals surface area contributed by atoms with Crippen molar-refractivity contribution in [2.45, 2.75) is 6.42 Å². The van der Waals surface area contributed by atoms with Crippen molar-refractivity contribution in [3.63, 3.8) is 0 Å². The third kappa shape index (κ3) is 3.06. The number of benzene rings is 1. The molecule has 0 radical (unpaired) electrons. The molecule has 98 valence electrons. The molecule has 0 atom stereocenters. The van der Waals surface area contributed by atoms with Gasteiger partial charge in [0.15, 0.2) is 5.82 Å². The van der Waals surface area contributed by atoms with Crippen molar-refractivity contribution in [3.8, 4) is 0 Å². The Labute approximate surface area is 122 Å². The van der Waals surface area contributed by atoms with E-state index in [-0.39, 0.29) is 17.5 Å². The molecule has 1 aromatic heterocycles. The van der Waals surface area contributed by atoms with Crippen LogP contribution in [-0.2, 0) is 6.42 Å². The number of nitrogens with zero attached hydrogens (tertiary/aromatic N) is 1. The standard InChI is InChI=1S/C13H9F2IN2O/c14-10-4-9(16)2-1-7(10)3-8-5-18-6-11(15)12(8)13(17)19/h1-2,4-6H,3H2,(H2,17,19). The maximum atomic E-state index is 13.7. The smallest absolute Gasteiger partial charge is 0.252 e. The quantitative estimate of drug-likeness (QED) is 0.840. The highest BCUT2D eigenvalue weighted by atomic mass is 127. The first-order chi connectivity index (χ1) is 8.99. The van der Waals surface area contributed by atoms with Gasteiger partial charge in [0, 0.05) is 16.2 Å². The van der Waals surface area contributed by atoms with Crippen molar-refractivity contribution in [3.05, 3.63) is 62.5 Å². The van der Waals surface area contributed by atoms with Crippen LogP contribution in [0.5, 0.6) is 0 Å². The Morgan fingerprint density at radius 1 is 1.21 bits per heavy atom. The van der Waals surface area contributed by atoms with Gasteiger partial charge in [-0.15, -0.1) is 0 Å². The van der Waals surface area contributed by atoms with Gasteiger partial charge in [-0.2, -0.15) is 0 Å². The second-order valence-electron chi connectivity index (χ2n) is 3.93. The van der Waals surface area contributed by atoms with E-state index in [0.717, 1.165) is 9.77 Å². The van der Waals surface area contributed by atoms with Gasteiger partial charge >= 0.3 is 0 Å². The van der Waals surface area contributed by atoms with E-state index in [4.69, 9.17) is 5.73 Å². The summed E-state index contributed by atoms with van der Waals surface area (Å²) in [6.07, 6.45) is 2.29. The minimum Gasteiger partial charge on any atom is -0.365 e. The first-order valence-electron chi connectivity index (χ1n) is 5.35. The largest absolute Gasteiger partial charge is 0.365 e. The molecule has 2 rings (SSSR count). The molecule has 0 spiro atoms. The van der Waals surface area contributed by atoms with E-state index in [1.54, 1.807) is 12.1 Å². The van der Waals surface area contributed by atoms with Gasteiger partial charge in [-0.1, -0.05) is 6.07 Å². The van der Waals surface area contributed by atoms with Crippen molar-refractivity contribution in [2.75, 3.05) is 0 Å². The summed E-state index contributed by atoms with van der Waals surface area (Å²) in [4.78, 5) is 14.9. The molecule has 0 fully saturated rings. The van der Waals surface area contributed by atoms with Crippen molar-refractivity contribution < 1.29 is 13.6 Å². The lowest BCUT2D eigenvalue weighted by Crippen LogP contribution is -2.17. The number of hydrogen-bond acceptors (Lipinski definition) is 2. The van der Waals surface area contributed by atoms with E-state index in [9.17, 15) is 13.6 Å². The van der Waals surface area contributed by atoms with Gasteiger partial charge < -0.3 is 5.73 Å². The van der Waals surface area contributed by atoms with Crippen LogP contribution in [0.4, 0.5) is 8.78 Å². The minimum absolute atomic E-state index is 0.0613. The molecule has 3 nitrogen and oxygen atoms in total. The number of rotatable bonds is 3. The van der Waals surface area contributed by atoms with Crippen molar-refractivity contribution in [1.29, 1.82) is 0 Å². The molecule has 0 bridgehead atoms. The number of amides is 1. The van der Waals surface area contributed by atoms with Gasteiger partial charge in [-0.3, -0.25) is 9.78 Å². The third-order valence-corrected chi connectivity index (χ3v) is 3.29. The molecule has 1 aromatic carbocycles. The molecular weight excluding hydrogens is 365 g/mol. The summed E-state index contributed by atoms with van der Waals surface area (Å²) >= 11 is 1.99. The molecule has 0 aliphatic rings.